The fraction of sp³-hybridized carbons (Fsp3) is 0.259. The van der Waals surface area contributed by atoms with E-state index in [1.165, 1.54) is 7.05 Å². The van der Waals surface area contributed by atoms with Crippen molar-refractivity contribution >= 4 is 55.4 Å². The predicted octanol–water partition coefficient (Wildman–Crippen LogP) is 2.66. The van der Waals surface area contributed by atoms with E-state index in [0.717, 1.165) is 26.7 Å². The molecular formula is C27H23N3O6. The summed E-state index contributed by atoms with van der Waals surface area (Å²) in [6.07, 6.45) is -3.96. The van der Waals surface area contributed by atoms with Gasteiger partial charge in [-0.15, -0.1) is 0 Å². The van der Waals surface area contributed by atoms with Crippen molar-refractivity contribution in [2.24, 2.45) is 0 Å². The lowest BCUT2D eigenvalue weighted by atomic mass is 9.96. The average Bonchev–Trinajstić information content (AvgIpc) is 3.50. The van der Waals surface area contributed by atoms with Gasteiger partial charge in [-0.25, -0.2) is 0 Å². The van der Waals surface area contributed by atoms with Gasteiger partial charge in [0.15, 0.2) is 0 Å². The van der Waals surface area contributed by atoms with Crippen LogP contribution in [-0.4, -0.2) is 73.6 Å². The molecule has 0 bridgehead atoms. The van der Waals surface area contributed by atoms with Crippen LogP contribution in [0, 0.1) is 0 Å². The molecule has 4 atom stereocenters. The molecule has 4 N–H and O–H groups in total. The maximum Gasteiger partial charge on any atom is 0.262 e. The van der Waals surface area contributed by atoms with Gasteiger partial charge in [0.1, 0.15) is 18.4 Å². The number of carbonyl (C=O) groups excluding carboxylic acids is 2. The molecule has 0 saturated carbocycles. The molecule has 1 fully saturated rings. The fourth-order valence-corrected chi connectivity index (χ4v) is 5.99. The number of aromatic amines is 1. The highest BCUT2D eigenvalue weighted by Crippen LogP contribution is 2.46. The number of aromatic nitrogens is 2. The molecule has 2 aliphatic rings. The predicted molar refractivity (Wildman–Crippen MR) is 133 cm³/mol. The maximum atomic E-state index is 13.5. The van der Waals surface area contributed by atoms with Crippen molar-refractivity contribution < 1.29 is 29.6 Å². The van der Waals surface area contributed by atoms with Gasteiger partial charge in [-0.3, -0.25) is 14.5 Å². The summed E-state index contributed by atoms with van der Waals surface area (Å²) in [5.41, 5.74) is 3.65. The number of carbonyl (C=O) groups is 2. The molecule has 4 heterocycles. The van der Waals surface area contributed by atoms with Crippen LogP contribution in [0.15, 0.2) is 48.5 Å². The number of imide groups is 1. The standard InChI is InChI=1S/C27H23N3O6/c1-29-26(34)21-19-12-6-2-4-8-14(12)28-23(19)24-20(22(21)27(29)35)13-7-3-5-9-15(13)30(24)18-10-16(32)25(33)17(11-31)36-18/h2-9,16-18,25,28,31-33H,10-11H2,1H3/t16-,17-,18+,25+/m1/s1. The van der Waals surface area contributed by atoms with E-state index in [-0.39, 0.29) is 18.2 Å². The summed E-state index contributed by atoms with van der Waals surface area (Å²) in [6, 6.07) is 15.2. The van der Waals surface area contributed by atoms with E-state index in [1.54, 1.807) is 0 Å². The van der Waals surface area contributed by atoms with Crippen LogP contribution < -0.4 is 0 Å². The first-order chi connectivity index (χ1) is 17.4. The largest absolute Gasteiger partial charge is 0.394 e. The highest BCUT2D eigenvalue weighted by molar-refractivity contribution is 6.39. The lowest BCUT2D eigenvalue weighted by Gasteiger charge is -2.37. The minimum atomic E-state index is -1.22. The van der Waals surface area contributed by atoms with Crippen LogP contribution in [0.5, 0.6) is 0 Å². The monoisotopic (exact) mass is 485 g/mol. The van der Waals surface area contributed by atoms with Crippen molar-refractivity contribution in [3.05, 3.63) is 59.7 Å². The second-order valence-electron chi connectivity index (χ2n) is 9.56. The van der Waals surface area contributed by atoms with Crippen LogP contribution in [0.3, 0.4) is 0 Å². The number of H-pyrrole nitrogens is 1. The number of para-hydroxylation sites is 2. The van der Waals surface area contributed by atoms with Gasteiger partial charge in [-0.05, 0) is 12.1 Å². The van der Waals surface area contributed by atoms with E-state index in [9.17, 15) is 24.9 Å². The minimum absolute atomic E-state index is 0.0804. The third kappa shape index (κ3) is 2.57. The molecule has 9 nitrogen and oxygen atoms in total. The van der Waals surface area contributed by atoms with Gasteiger partial charge in [0, 0.05) is 40.5 Å². The molecule has 2 aliphatic heterocycles. The number of ether oxygens (including phenoxy) is 1. The topological polar surface area (TPSA) is 128 Å². The van der Waals surface area contributed by atoms with E-state index < -0.39 is 31.1 Å². The zero-order valence-electron chi connectivity index (χ0n) is 19.3. The van der Waals surface area contributed by atoms with Crippen LogP contribution in [-0.2, 0) is 4.74 Å². The summed E-state index contributed by atoms with van der Waals surface area (Å²) in [5.74, 6) is -0.723. The smallest absolute Gasteiger partial charge is 0.262 e. The van der Waals surface area contributed by atoms with Gasteiger partial charge in [0.25, 0.3) is 11.8 Å². The summed E-state index contributed by atoms with van der Waals surface area (Å²) >= 11 is 0. The Hall–Kier alpha value is -3.76. The first-order valence-electron chi connectivity index (χ1n) is 11.9. The molecule has 182 valence electrons. The van der Waals surface area contributed by atoms with Gasteiger partial charge in [-0.2, -0.15) is 0 Å². The van der Waals surface area contributed by atoms with Crippen molar-refractivity contribution in [2.45, 2.75) is 31.0 Å². The van der Waals surface area contributed by atoms with Crippen LogP contribution in [0.4, 0.5) is 0 Å². The fourth-order valence-electron chi connectivity index (χ4n) is 5.99. The molecule has 36 heavy (non-hydrogen) atoms. The Kier molecular flexibility index (Phi) is 4.41. The molecule has 0 spiro atoms. The Balaban J connectivity index is 1.69. The number of nitrogens with one attached hydrogen (secondary N) is 1. The molecule has 2 aromatic heterocycles. The van der Waals surface area contributed by atoms with E-state index in [1.807, 2.05) is 53.1 Å². The highest BCUT2D eigenvalue weighted by Gasteiger charge is 2.42. The van der Waals surface area contributed by atoms with Gasteiger partial charge >= 0.3 is 0 Å². The Bertz CT molecular complexity index is 1750. The first kappa shape index (κ1) is 21.5. The normalized spacial score (nSPS) is 24.6. The Morgan fingerprint density at radius 3 is 2.39 bits per heavy atom. The van der Waals surface area contributed by atoms with Crippen molar-refractivity contribution in [3.63, 3.8) is 0 Å². The van der Waals surface area contributed by atoms with Crippen LogP contribution in [0.25, 0.3) is 43.6 Å². The Morgan fingerprint density at radius 1 is 0.972 bits per heavy atom. The molecule has 7 rings (SSSR count). The number of nitrogens with zero attached hydrogens (tertiary/aromatic N) is 2. The molecular weight excluding hydrogens is 462 g/mol. The summed E-state index contributed by atoms with van der Waals surface area (Å²) in [5, 5.41) is 33.6. The summed E-state index contributed by atoms with van der Waals surface area (Å²) in [7, 11) is 1.49. The Morgan fingerprint density at radius 2 is 1.64 bits per heavy atom. The third-order valence-corrected chi connectivity index (χ3v) is 7.66. The molecule has 9 heteroatoms. The number of fused-ring (bicyclic) bond motifs is 10. The maximum absolute atomic E-state index is 13.5. The summed E-state index contributed by atoms with van der Waals surface area (Å²) in [6.45, 7) is -0.458. The quantitative estimate of drug-likeness (QED) is 0.285. The summed E-state index contributed by atoms with van der Waals surface area (Å²) < 4.78 is 8.03. The molecule has 3 aromatic carbocycles. The minimum Gasteiger partial charge on any atom is -0.394 e. The van der Waals surface area contributed by atoms with Gasteiger partial charge in [-0.1, -0.05) is 36.4 Å². The Labute approximate surface area is 204 Å². The van der Waals surface area contributed by atoms with Crippen molar-refractivity contribution in [1.82, 2.24) is 14.5 Å². The number of rotatable bonds is 2. The molecule has 1 saturated heterocycles. The number of aliphatic hydroxyl groups is 3. The molecule has 0 aliphatic carbocycles. The number of hydrogen-bond acceptors (Lipinski definition) is 6. The zero-order valence-corrected chi connectivity index (χ0v) is 19.3. The van der Waals surface area contributed by atoms with Crippen molar-refractivity contribution in [1.29, 1.82) is 0 Å². The number of hydrogen-bond donors (Lipinski definition) is 4. The van der Waals surface area contributed by atoms with E-state index in [0.29, 0.717) is 32.9 Å². The van der Waals surface area contributed by atoms with Gasteiger partial charge in [0.05, 0.1) is 40.4 Å². The number of aliphatic hydroxyl groups excluding tert-OH is 3. The second-order valence-corrected chi connectivity index (χ2v) is 9.56. The molecule has 5 aromatic rings. The summed E-state index contributed by atoms with van der Waals surface area (Å²) in [4.78, 5) is 31.5. The van der Waals surface area contributed by atoms with Gasteiger partial charge < -0.3 is 29.6 Å². The van der Waals surface area contributed by atoms with Crippen LogP contribution in [0.1, 0.15) is 33.4 Å². The number of amides is 2. The van der Waals surface area contributed by atoms with E-state index in [2.05, 4.69) is 4.98 Å². The van der Waals surface area contributed by atoms with Crippen LogP contribution in [0.2, 0.25) is 0 Å². The van der Waals surface area contributed by atoms with E-state index >= 15 is 0 Å². The highest BCUT2D eigenvalue weighted by atomic mass is 16.5. The van der Waals surface area contributed by atoms with Crippen LogP contribution >= 0.6 is 0 Å². The molecule has 0 radical (unpaired) electrons. The lowest BCUT2D eigenvalue weighted by molar-refractivity contribution is -0.198. The zero-order chi connectivity index (χ0) is 24.9. The first-order valence-corrected chi connectivity index (χ1v) is 11.9. The van der Waals surface area contributed by atoms with Crippen molar-refractivity contribution in [3.8, 4) is 0 Å². The second kappa shape index (κ2) is 7.37. The molecule has 2 amide bonds. The number of benzene rings is 3. The van der Waals surface area contributed by atoms with E-state index in [4.69, 9.17) is 4.74 Å². The SMILES string of the molecule is CN1C(=O)c2c(c3c4ccccc4n([C@@H]4C[C@@H](O)[C@H](O)[C@@H](CO)O4)c3c3[nH]c4ccccc4c23)C1=O. The lowest BCUT2D eigenvalue weighted by Crippen LogP contribution is -2.48. The third-order valence-electron chi connectivity index (χ3n) is 7.66. The van der Waals surface area contributed by atoms with Gasteiger partial charge in [0.2, 0.25) is 0 Å². The molecule has 0 unspecified atom stereocenters. The van der Waals surface area contributed by atoms with Crippen molar-refractivity contribution in [2.75, 3.05) is 13.7 Å². The average molecular weight is 485 g/mol.